The van der Waals surface area contributed by atoms with Crippen molar-refractivity contribution >= 4 is 29.6 Å². The number of benzene rings is 1. The Balaban J connectivity index is 2.02. The molecule has 1 fully saturated rings. The molecule has 22 heavy (non-hydrogen) atoms. The Labute approximate surface area is 131 Å². The first-order valence-electron chi connectivity index (χ1n) is 6.63. The number of urea groups is 1. The summed E-state index contributed by atoms with van der Waals surface area (Å²) in [6.45, 7) is 0.233. The van der Waals surface area contributed by atoms with Gasteiger partial charge in [0, 0.05) is 11.4 Å². The average Bonchev–Trinajstić information content (AvgIpc) is 2.84. The molecular formula is C14H15ClN2O5. The standard InChI is InChI=1S/C14H15ClN2O5/c15-9-3-1-8(2-4-9)10(17-14(16)20)7-12(18)22-11-5-6-21-13(11)19/h1-4,10-11H,5-7H2,(H3,16,17,20)/t10-,11+/m0/s1. The van der Waals surface area contributed by atoms with Gasteiger partial charge < -0.3 is 20.5 Å². The van der Waals surface area contributed by atoms with Gasteiger partial charge >= 0.3 is 18.0 Å². The molecule has 1 saturated heterocycles. The van der Waals surface area contributed by atoms with Crippen molar-refractivity contribution in [1.29, 1.82) is 0 Å². The summed E-state index contributed by atoms with van der Waals surface area (Å²) in [5.41, 5.74) is 5.77. The molecule has 0 spiro atoms. The molecule has 0 saturated carbocycles. The molecule has 2 amide bonds. The van der Waals surface area contributed by atoms with Gasteiger partial charge in [-0.3, -0.25) is 4.79 Å². The van der Waals surface area contributed by atoms with Gasteiger partial charge in [-0.2, -0.15) is 0 Å². The summed E-state index contributed by atoms with van der Waals surface area (Å²) in [6, 6.07) is 5.16. The molecule has 1 heterocycles. The molecule has 0 bridgehead atoms. The highest BCUT2D eigenvalue weighted by Gasteiger charge is 2.31. The minimum atomic E-state index is -0.882. The van der Waals surface area contributed by atoms with Gasteiger partial charge in [-0.1, -0.05) is 23.7 Å². The normalized spacial score (nSPS) is 18.4. The second-order valence-electron chi connectivity index (χ2n) is 4.75. The van der Waals surface area contributed by atoms with E-state index in [4.69, 9.17) is 26.8 Å². The number of hydrogen-bond acceptors (Lipinski definition) is 5. The third-order valence-corrected chi connectivity index (χ3v) is 3.37. The minimum Gasteiger partial charge on any atom is -0.463 e. The van der Waals surface area contributed by atoms with Crippen molar-refractivity contribution in [2.24, 2.45) is 5.73 Å². The van der Waals surface area contributed by atoms with Crippen LogP contribution in [0.2, 0.25) is 5.02 Å². The third-order valence-electron chi connectivity index (χ3n) is 3.12. The Hall–Kier alpha value is -2.28. The molecule has 8 heteroatoms. The van der Waals surface area contributed by atoms with Gasteiger partial charge in [0.25, 0.3) is 0 Å². The SMILES string of the molecule is NC(=O)N[C@@H](CC(=O)O[C@@H]1CCOC1=O)c1ccc(Cl)cc1. The second kappa shape index (κ2) is 7.13. The first-order chi connectivity index (χ1) is 10.5. The first-order valence-corrected chi connectivity index (χ1v) is 7.01. The van der Waals surface area contributed by atoms with Crippen molar-refractivity contribution in [3.05, 3.63) is 34.9 Å². The first kappa shape index (κ1) is 16.1. The van der Waals surface area contributed by atoms with Crippen LogP contribution in [0.3, 0.4) is 0 Å². The lowest BCUT2D eigenvalue weighted by molar-refractivity contribution is -0.160. The number of nitrogens with one attached hydrogen (secondary N) is 1. The van der Waals surface area contributed by atoms with Gasteiger partial charge in [0.05, 0.1) is 19.1 Å². The second-order valence-corrected chi connectivity index (χ2v) is 5.19. The lowest BCUT2D eigenvalue weighted by Gasteiger charge is -2.18. The number of cyclic esters (lactones) is 1. The molecule has 1 aromatic carbocycles. The van der Waals surface area contributed by atoms with Crippen LogP contribution in [0, 0.1) is 0 Å². The number of amides is 2. The zero-order chi connectivity index (χ0) is 16.1. The zero-order valence-corrected chi connectivity index (χ0v) is 12.3. The number of esters is 2. The van der Waals surface area contributed by atoms with Gasteiger partial charge in [0.15, 0.2) is 0 Å². The molecule has 2 rings (SSSR count). The fourth-order valence-electron chi connectivity index (χ4n) is 2.08. The van der Waals surface area contributed by atoms with E-state index in [-0.39, 0.29) is 13.0 Å². The van der Waals surface area contributed by atoms with Crippen molar-refractivity contribution in [3.8, 4) is 0 Å². The summed E-state index contributed by atoms with van der Waals surface area (Å²) >= 11 is 5.80. The molecule has 2 atom stereocenters. The largest absolute Gasteiger partial charge is 0.463 e. The van der Waals surface area contributed by atoms with Crippen molar-refractivity contribution in [2.45, 2.75) is 25.0 Å². The van der Waals surface area contributed by atoms with E-state index in [1.807, 2.05) is 0 Å². The number of halogens is 1. The molecular weight excluding hydrogens is 312 g/mol. The van der Waals surface area contributed by atoms with Crippen LogP contribution in [0.1, 0.15) is 24.4 Å². The number of rotatable bonds is 5. The molecule has 1 aromatic rings. The van der Waals surface area contributed by atoms with Gasteiger partial charge in [0.2, 0.25) is 6.10 Å². The van der Waals surface area contributed by atoms with Gasteiger partial charge in [-0.15, -0.1) is 0 Å². The summed E-state index contributed by atoms with van der Waals surface area (Å²) < 4.78 is 9.76. The quantitative estimate of drug-likeness (QED) is 0.793. The van der Waals surface area contributed by atoms with Crippen molar-refractivity contribution < 1.29 is 23.9 Å². The summed E-state index contributed by atoms with van der Waals surface area (Å²) in [6.07, 6.45) is -0.708. The van der Waals surface area contributed by atoms with Crippen molar-refractivity contribution in [3.63, 3.8) is 0 Å². The molecule has 1 aliphatic heterocycles. The zero-order valence-electron chi connectivity index (χ0n) is 11.6. The van der Waals surface area contributed by atoms with E-state index in [9.17, 15) is 14.4 Å². The summed E-state index contributed by atoms with van der Waals surface area (Å²) in [5.74, 6) is -1.18. The third kappa shape index (κ3) is 4.36. The molecule has 1 aliphatic rings. The number of nitrogens with two attached hydrogens (primary N) is 1. The molecule has 3 N–H and O–H groups in total. The Kier molecular flexibility index (Phi) is 5.21. The summed E-state index contributed by atoms with van der Waals surface area (Å²) in [4.78, 5) is 34.3. The molecule has 0 aromatic heterocycles. The maximum atomic E-state index is 11.9. The van der Waals surface area contributed by atoms with E-state index < -0.39 is 30.1 Å². The fraction of sp³-hybridized carbons (Fsp3) is 0.357. The molecule has 7 nitrogen and oxygen atoms in total. The highest BCUT2D eigenvalue weighted by atomic mass is 35.5. The van der Waals surface area contributed by atoms with Crippen LogP contribution in [0.15, 0.2) is 24.3 Å². The predicted octanol–water partition coefficient (Wildman–Crippen LogP) is 1.30. The van der Waals surface area contributed by atoms with Crippen LogP contribution >= 0.6 is 11.6 Å². The van der Waals surface area contributed by atoms with Crippen LogP contribution in [0.4, 0.5) is 4.79 Å². The van der Waals surface area contributed by atoms with Gasteiger partial charge in [0.1, 0.15) is 0 Å². The van der Waals surface area contributed by atoms with Crippen LogP contribution < -0.4 is 11.1 Å². The maximum absolute atomic E-state index is 11.9. The van der Waals surface area contributed by atoms with E-state index in [1.165, 1.54) is 0 Å². The molecule has 0 aliphatic carbocycles. The Morgan fingerprint density at radius 2 is 2.09 bits per heavy atom. The Bertz CT molecular complexity index is 575. The number of hydrogen-bond donors (Lipinski definition) is 2. The maximum Gasteiger partial charge on any atom is 0.347 e. The number of primary amides is 1. The highest BCUT2D eigenvalue weighted by molar-refractivity contribution is 6.30. The summed E-state index contributed by atoms with van der Waals surface area (Å²) in [5, 5.41) is 2.99. The number of ether oxygens (including phenoxy) is 2. The Morgan fingerprint density at radius 1 is 1.41 bits per heavy atom. The number of carbonyl (C=O) groups excluding carboxylic acids is 3. The van der Waals surface area contributed by atoms with Gasteiger partial charge in [-0.05, 0) is 17.7 Å². The van der Waals surface area contributed by atoms with Crippen LogP contribution in [0.5, 0.6) is 0 Å². The predicted molar refractivity (Wildman–Crippen MR) is 77.0 cm³/mol. The molecule has 118 valence electrons. The smallest absolute Gasteiger partial charge is 0.347 e. The van der Waals surface area contributed by atoms with Crippen LogP contribution in [-0.2, 0) is 19.1 Å². The van der Waals surface area contributed by atoms with E-state index in [0.29, 0.717) is 17.0 Å². The average molecular weight is 327 g/mol. The summed E-state index contributed by atoms with van der Waals surface area (Å²) in [7, 11) is 0. The van der Waals surface area contributed by atoms with Crippen LogP contribution in [-0.4, -0.2) is 30.7 Å². The van der Waals surface area contributed by atoms with Gasteiger partial charge in [-0.25, -0.2) is 9.59 Å². The van der Waals surface area contributed by atoms with E-state index in [1.54, 1.807) is 24.3 Å². The van der Waals surface area contributed by atoms with E-state index in [2.05, 4.69) is 5.32 Å². The van der Waals surface area contributed by atoms with E-state index in [0.717, 1.165) is 0 Å². The van der Waals surface area contributed by atoms with Crippen molar-refractivity contribution in [2.75, 3.05) is 6.61 Å². The topological polar surface area (TPSA) is 108 Å². The monoisotopic (exact) mass is 326 g/mol. The fourth-order valence-corrected chi connectivity index (χ4v) is 2.20. The van der Waals surface area contributed by atoms with Crippen molar-refractivity contribution in [1.82, 2.24) is 5.32 Å². The lowest BCUT2D eigenvalue weighted by atomic mass is 10.0. The minimum absolute atomic E-state index is 0.158. The highest BCUT2D eigenvalue weighted by Crippen LogP contribution is 2.21. The Morgan fingerprint density at radius 3 is 2.64 bits per heavy atom. The molecule has 0 unspecified atom stereocenters. The van der Waals surface area contributed by atoms with Crippen LogP contribution in [0.25, 0.3) is 0 Å². The molecule has 0 radical (unpaired) electrons. The van der Waals surface area contributed by atoms with E-state index >= 15 is 0 Å². The number of carbonyl (C=O) groups is 3. The lowest BCUT2D eigenvalue weighted by Crippen LogP contribution is -2.35.